The highest BCUT2D eigenvalue weighted by Crippen LogP contribution is 2.35. The maximum absolute atomic E-state index is 13.3. The van der Waals surface area contributed by atoms with Crippen LogP contribution in [0.5, 0.6) is 5.75 Å². The molecule has 2 aromatic rings. The Morgan fingerprint density at radius 1 is 1.12 bits per heavy atom. The number of halogens is 5. The van der Waals surface area contributed by atoms with Crippen molar-refractivity contribution in [1.82, 2.24) is 0 Å². The van der Waals surface area contributed by atoms with E-state index in [1.807, 2.05) is 0 Å². The highest BCUT2D eigenvalue weighted by molar-refractivity contribution is 6.30. The minimum atomic E-state index is -4.88. The van der Waals surface area contributed by atoms with Crippen molar-refractivity contribution in [2.24, 2.45) is 0 Å². The van der Waals surface area contributed by atoms with Gasteiger partial charge in [0, 0.05) is 10.6 Å². The Hall–Kier alpha value is -2.28. The van der Waals surface area contributed by atoms with Gasteiger partial charge < -0.3 is 9.47 Å². The summed E-state index contributed by atoms with van der Waals surface area (Å²) in [6, 6.07) is 8.02. The minimum Gasteiger partial charge on any atom is -0.474 e. The van der Waals surface area contributed by atoms with Crippen molar-refractivity contribution >= 4 is 17.6 Å². The lowest BCUT2D eigenvalue weighted by molar-refractivity contribution is -0.149. The van der Waals surface area contributed by atoms with Crippen molar-refractivity contribution in [1.29, 1.82) is 0 Å². The molecular formula is C16H11ClF4O3. The van der Waals surface area contributed by atoms with Crippen LogP contribution in [0.4, 0.5) is 17.6 Å². The molecule has 0 radical (unpaired) electrons. The molecule has 2 aromatic carbocycles. The first-order valence-corrected chi connectivity index (χ1v) is 6.97. The normalized spacial score (nSPS) is 12.6. The van der Waals surface area contributed by atoms with Crippen molar-refractivity contribution in [3.05, 3.63) is 64.4 Å². The Bertz CT molecular complexity index is 729. The lowest BCUT2D eigenvalue weighted by Crippen LogP contribution is -2.20. The summed E-state index contributed by atoms with van der Waals surface area (Å²) in [6.45, 7) is 0. The quantitative estimate of drug-likeness (QED) is 0.579. The fourth-order valence-corrected chi connectivity index (χ4v) is 2.05. The average Bonchev–Trinajstić information content (AvgIpc) is 2.53. The van der Waals surface area contributed by atoms with E-state index in [1.54, 1.807) is 0 Å². The molecule has 0 aliphatic heterocycles. The van der Waals surface area contributed by atoms with Crippen LogP contribution >= 0.6 is 11.6 Å². The van der Waals surface area contributed by atoms with E-state index in [0.29, 0.717) is 22.7 Å². The van der Waals surface area contributed by atoms with Crippen molar-refractivity contribution < 1.29 is 31.8 Å². The van der Waals surface area contributed by atoms with E-state index >= 15 is 0 Å². The molecule has 2 rings (SSSR count). The number of benzene rings is 2. The van der Waals surface area contributed by atoms with Crippen molar-refractivity contribution in [2.45, 2.75) is 12.3 Å². The van der Waals surface area contributed by atoms with Crippen molar-refractivity contribution in [3.63, 3.8) is 0 Å². The summed E-state index contributed by atoms with van der Waals surface area (Å²) in [7, 11) is 1.11. The first kappa shape index (κ1) is 18.1. The number of esters is 1. The molecule has 0 fully saturated rings. The summed E-state index contributed by atoms with van der Waals surface area (Å²) in [5, 5.41) is 0.406. The number of ether oxygens (including phenoxy) is 2. The van der Waals surface area contributed by atoms with Gasteiger partial charge in [0.25, 0.3) is 0 Å². The van der Waals surface area contributed by atoms with Crippen molar-refractivity contribution in [3.8, 4) is 5.75 Å². The third-order valence-electron chi connectivity index (χ3n) is 3.09. The van der Waals surface area contributed by atoms with E-state index in [-0.39, 0.29) is 5.75 Å². The SMILES string of the molecule is COC(=O)C(Oc1ccc(F)c(C(F)(F)F)c1)c1ccc(Cl)cc1. The molecule has 0 bridgehead atoms. The Balaban J connectivity index is 2.37. The largest absolute Gasteiger partial charge is 0.474 e. The molecule has 0 spiro atoms. The molecular weight excluding hydrogens is 352 g/mol. The van der Waals surface area contributed by atoms with Gasteiger partial charge in [-0.1, -0.05) is 23.7 Å². The Morgan fingerprint density at radius 2 is 1.75 bits per heavy atom. The summed E-state index contributed by atoms with van der Waals surface area (Å²) in [5.74, 6) is -2.58. The van der Waals surface area contributed by atoms with Crippen LogP contribution < -0.4 is 4.74 Å². The van der Waals surface area contributed by atoms with Gasteiger partial charge in [-0.25, -0.2) is 9.18 Å². The second-order valence-electron chi connectivity index (χ2n) is 4.71. The molecule has 0 N–H and O–H groups in total. The van der Waals surface area contributed by atoms with Crippen LogP contribution in [0.25, 0.3) is 0 Å². The monoisotopic (exact) mass is 362 g/mol. The molecule has 0 amide bonds. The van der Waals surface area contributed by atoms with E-state index in [1.165, 1.54) is 24.3 Å². The Kier molecular flexibility index (Phi) is 5.33. The van der Waals surface area contributed by atoms with Gasteiger partial charge in [0.1, 0.15) is 11.6 Å². The highest BCUT2D eigenvalue weighted by atomic mass is 35.5. The number of hydrogen-bond acceptors (Lipinski definition) is 3. The minimum absolute atomic E-state index is 0.323. The maximum Gasteiger partial charge on any atom is 0.419 e. The fraction of sp³-hybridized carbons (Fsp3) is 0.188. The smallest absolute Gasteiger partial charge is 0.419 e. The van der Waals surface area contributed by atoms with Crippen LogP contribution in [0.1, 0.15) is 17.2 Å². The predicted molar refractivity (Wildman–Crippen MR) is 78.2 cm³/mol. The highest BCUT2D eigenvalue weighted by Gasteiger charge is 2.35. The van der Waals surface area contributed by atoms with Gasteiger partial charge in [-0.3, -0.25) is 0 Å². The van der Waals surface area contributed by atoms with E-state index in [2.05, 4.69) is 4.74 Å². The van der Waals surface area contributed by atoms with Gasteiger partial charge in [0.05, 0.1) is 12.7 Å². The molecule has 0 aromatic heterocycles. The molecule has 0 saturated heterocycles. The van der Waals surface area contributed by atoms with Gasteiger partial charge in [0.15, 0.2) is 0 Å². The van der Waals surface area contributed by atoms with Crippen molar-refractivity contribution in [2.75, 3.05) is 7.11 Å². The molecule has 0 saturated carbocycles. The summed E-state index contributed by atoms with van der Waals surface area (Å²) >= 11 is 5.75. The zero-order valence-corrected chi connectivity index (χ0v) is 13.0. The third kappa shape index (κ3) is 4.17. The van der Waals surface area contributed by atoms with E-state index in [0.717, 1.165) is 13.2 Å². The number of methoxy groups -OCH3 is 1. The number of carbonyl (C=O) groups is 1. The average molecular weight is 363 g/mol. The number of carbonyl (C=O) groups excluding carboxylic acids is 1. The van der Waals surface area contributed by atoms with E-state index in [4.69, 9.17) is 16.3 Å². The van der Waals surface area contributed by atoms with Crippen LogP contribution in [-0.2, 0) is 15.7 Å². The van der Waals surface area contributed by atoms with Gasteiger partial charge in [-0.2, -0.15) is 13.2 Å². The molecule has 1 unspecified atom stereocenters. The lowest BCUT2D eigenvalue weighted by atomic mass is 10.1. The summed E-state index contributed by atoms with van der Waals surface area (Å²) < 4.78 is 61.5. The van der Waals surface area contributed by atoms with E-state index in [9.17, 15) is 22.4 Å². The lowest BCUT2D eigenvalue weighted by Gasteiger charge is -2.18. The number of hydrogen-bond donors (Lipinski definition) is 0. The molecule has 0 aliphatic rings. The van der Waals surface area contributed by atoms with Crippen LogP contribution in [0.2, 0.25) is 5.02 Å². The molecule has 0 heterocycles. The topological polar surface area (TPSA) is 35.5 Å². The zero-order chi connectivity index (χ0) is 17.9. The maximum atomic E-state index is 13.3. The van der Waals surface area contributed by atoms with Crippen LogP contribution in [0.15, 0.2) is 42.5 Å². The summed E-state index contributed by atoms with van der Waals surface area (Å²) in [5.41, 5.74) is -1.16. The van der Waals surface area contributed by atoms with E-state index < -0.39 is 29.6 Å². The standard InChI is InChI=1S/C16H11ClF4O3/c1-23-15(22)14(9-2-4-10(17)5-3-9)24-11-6-7-13(18)12(8-11)16(19,20)21/h2-8,14H,1H3. The summed E-state index contributed by atoms with van der Waals surface area (Å²) in [4.78, 5) is 11.9. The van der Waals surface area contributed by atoms with Crippen LogP contribution in [0, 0.1) is 5.82 Å². The van der Waals surface area contributed by atoms with Gasteiger partial charge in [0.2, 0.25) is 6.10 Å². The number of alkyl halides is 3. The molecule has 0 aliphatic carbocycles. The van der Waals surface area contributed by atoms with Crippen LogP contribution in [-0.4, -0.2) is 13.1 Å². The third-order valence-corrected chi connectivity index (χ3v) is 3.34. The first-order chi connectivity index (χ1) is 11.2. The second-order valence-corrected chi connectivity index (χ2v) is 5.15. The molecule has 24 heavy (non-hydrogen) atoms. The Morgan fingerprint density at radius 3 is 2.29 bits per heavy atom. The fourth-order valence-electron chi connectivity index (χ4n) is 1.93. The molecule has 128 valence electrons. The molecule has 8 heteroatoms. The van der Waals surface area contributed by atoms with Gasteiger partial charge in [-0.05, 0) is 30.3 Å². The Labute approximate surface area is 139 Å². The second kappa shape index (κ2) is 7.09. The van der Waals surface area contributed by atoms with Gasteiger partial charge in [-0.15, -0.1) is 0 Å². The predicted octanol–water partition coefficient (Wildman–Crippen LogP) is 4.79. The molecule has 1 atom stereocenters. The summed E-state index contributed by atoms with van der Waals surface area (Å²) in [6.07, 6.45) is -6.20. The first-order valence-electron chi connectivity index (χ1n) is 6.59. The number of rotatable bonds is 4. The zero-order valence-electron chi connectivity index (χ0n) is 12.2. The molecule has 3 nitrogen and oxygen atoms in total. The van der Waals surface area contributed by atoms with Crippen LogP contribution in [0.3, 0.4) is 0 Å². The van der Waals surface area contributed by atoms with Gasteiger partial charge >= 0.3 is 12.1 Å².